The highest BCUT2D eigenvalue weighted by Crippen LogP contribution is 2.21. The van der Waals surface area contributed by atoms with Crippen LogP contribution in [0.15, 0.2) is 29.2 Å². The summed E-state index contributed by atoms with van der Waals surface area (Å²) in [7, 11) is -3.24. The summed E-state index contributed by atoms with van der Waals surface area (Å²) in [6, 6.07) is 6.19. The van der Waals surface area contributed by atoms with Crippen molar-refractivity contribution in [2.45, 2.75) is 36.6 Å². The fourth-order valence-corrected chi connectivity index (χ4v) is 3.57. The van der Waals surface area contributed by atoms with E-state index in [1.807, 2.05) is 4.90 Å². The van der Waals surface area contributed by atoms with Gasteiger partial charge in [-0.1, -0.05) is 12.8 Å². The Labute approximate surface area is 131 Å². The zero-order chi connectivity index (χ0) is 15.5. The molecule has 1 aliphatic heterocycles. The predicted molar refractivity (Wildman–Crippen MR) is 83.6 cm³/mol. The van der Waals surface area contributed by atoms with Gasteiger partial charge >= 0.3 is 0 Å². The number of halogens is 1. The molecule has 1 amide bonds. The first-order valence-electron chi connectivity index (χ1n) is 7.10. The highest BCUT2D eigenvalue weighted by atomic mass is 35.5. The average Bonchev–Trinajstić information content (AvgIpc) is 2.70. The maximum Gasteiger partial charge on any atom is 0.254 e. The summed E-state index contributed by atoms with van der Waals surface area (Å²) in [4.78, 5) is 14.7. The molecule has 6 heteroatoms. The summed E-state index contributed by atoms with van der Waals surface area (Å²) in [5, 5.41) is 0. The van der Waals surface area contributed by atoms with Crippen molar-refractivity contribution in [2.24, 2.45) is 0 Å². The maximum atomic E-state index is 12.6. The van der Waals surface area contributed by atoms with E-state index in [9.17, 15) is 13.2 Å². The molecule has 1 unspecified atom stereocenters. The zero-order valence-electron chi connectivity index (χ0n) is 12.1. The molecule has 1 aromatic carbocycles. The van der Waals surface area contributed by atoms with Crippen molar-refractivity contribution in [3.05, 3.63) is 29.8 Å². The molecule has 0 aliphatic carbocycles. The van der Waals surface area contributed by atoms with Crippen LogP contribution in [0.25, 0.3) is 0 Å². The highest BCUT2D eigenvalue weighted by Gasteiger charge is 2.25. The smallest absolute Gasteiger partial charge is 0.254 e. The van der Waals surface area contributed by atoms with Crippen LogP contribution in [0.3, 0.4) is 0 Å². The molecule has 0 bridgehead atoms. The molecule has 0 spiro atoms. The van der Waals surface area contributed by atoms with Gasteiger partial charge in [0.1, 0.15) is 0 Å². The van der Waals surface area contributed by atoms with Crippen molar-refractivity contribution in [1.29, 1.82) is 0 Å². The SMILES string of the molecule is CS(=O)(=O)c1ccc(C(=O)N2CCCCCC2CCl)cc1. The van der Waals surface area contributed by atoms with Crippen LogP contribution in [0, 0.1) is 0 Å². The van der Waals surface area contributed by atoms with Crippen LogP contribution in [-0.4, -0.2) is 43.9 Å². The van der Waals surface area contributed by atoms with Crippen LogP contribution < -0.4 is 0 Å². The van der Waals surface area contributed by atoms with E-state index in [-0.39, 0.29) is 16.8 Å². The van der Waals surface area contributed by atoms with E-state index < -0.39 is 9.84 Å². The number of amides is 1. The number of sulfone groups is 1. The van der Waals surface area contributed by atoms with Crippen molar-refractivity contribution in [3.63, 3.8) is 0 Å². The number of alkyl halides is 1. The van der Waals surface area contributed by atoms with Gasteiger partial charge in [-0.05, 0) is 37.1 Å². The summed E-state index contributed by atoms with van der Waals surface area (Å²) in [5.41, 5.74) is 0.513. The molecular formula is C15H20ClNO3S. The lowest BCUT2D eigenvalue weighted by Gasteiger charge is -2.28. The predicted octanol–water partition coefficient (Wildman–Crippen LogP) is 2.71. The van der Waals surface area contributed by atoms with Gasteiger partial charge in [0.15, 0.2) is 9.84 Å². The van der Waals surface area contributed by atoms with E-state index >= 15 is 0 Å². The van der Waals surface area contributed by atoms with Crippen LogP contribution >= 0.6 is 11.6 Å². The van der Waals surface area contributed by atoms with Crippen LogP contribution in [0.4, 0.5) is 0 Å². The summed E-state index contributed by atoms with van der Waals surface area (Å²) < 4.78 is 22.9. The summed E-state index contributed by atoms with van der Waals surface area (Å²) in [5.74, 6) is 0.371. The molecule has 0 saturated carbocycles. The second kappa shape index (κ2) is 6.79. The Kier molecular flexibility index (Phi) is 5.27. The van der Waals surface area contributed by atoms with E-state index in [2.05, 4.69) is 0 Å². The molecule has 0 N–H and O–H groups in total. The zero-order valence-corrected chi connectivity index (χ0v) is 13.7. The Morgan fingerprint density at radius 1 is 1.24 bits per heavy atom. The lowest BCUT2D eigenvalue weighted by Crippen LogP contribution is -2.41. The minimum atomic E-state index is -3.24. The molecule has 4 nitrogen and oxygen atoms in total. The number of hydrogen-bond acceptors (Lipinski definition) is 3. The van der Waals surface area contributed by atoms with E-state index in [1.54, 1.807) is 12.1 Å². The van der Waals surface area contributed by atoms with E-state index in [1.165, 1.54) is 12.1 Å². The van der Waals surface area contributed by atoms with E-state index in [0.717, 1.165) is 31.9 Å². The first-order chi connectivity index (χ1) is 9.93. The number of carbonyl (C=O) groups excluding carboxylic acids is 1. The number of hydrogen-bond donors (Lipinski definition) is 0. The second-order valence-electron chi connectivity index (χ2n) is 5.45. The fraction of sp³-hybridized carbons (Fsp3) is 0.533. The quantitative estimate of drug-likeness (QED) is 0.801. The van der Waals surface area contributed by atoms with Crippen molar-refractivity contribution < 1.29 is 13.2 Å². The van der Waals surface area contributed by atoms with Gasteiger partial charge in [0.2, 0.25) is 0 Å². The van der Waals surface area contributed by atoms with Crippen LogP contribution in [0.2, 0.25) is 0 Å². The summed E-state index contributed by atoms with van der Waals surface area (Å²) >= 11 is 5.99. The molecule has 1 fully saturated rings. The average molecular weight is 330 g/mol. The third kappa shape index (κ3) is 3.98. The largest absolute Gasteiger partial charge is 0.334 e. The Morgan fingerprint density at radius 3 is 2.48 bits per heavy atom. The number of nitrogens with zero attached hydrogens (tertiary/aromatic N) is 1. The standard InChI is InChI=1S/C15H20ClNO3S/c1-21(19,20)14-8-6-12(7-9-14)15(18)17-10-4-2-3-5-13(17)11-16/h6-9,13H,2-5,10-11H2,1H3. The second-order valence-corrected chi connectivity index (χ2v) is 7.78. The normalized spacial score (nSPS) is 20.1. The van der Waals surface area contributed by atoms with Crippen molar-refractivity contribution in [1.82, 2.24) is 4.90 Å². The van der Waals surface area contributed by atoms with Gasteiger partial charge < -0.3 is 4.90 Å². The monoisotopic (exact) mass is 329 g/mol. The fourth-order valence-electron chi connectivity index (χ4n) is 2.62. The van der Waals surface area contributed by atoms with Gasteiger partial charge in [-0.25, -0.2) is 8.42 Å². The topological polar surface area (TPSA) is 54.5 Å². The highest BCUT2D eigenvalue weighted by molar-refractivity contribution is 7.90. The van der Waals surface area contributed by atoms with E-state index in [4.69, 9.17) is 11.6 Å². The van der Waals surface area contributed by atoms with Crippen LogP contribution in [0.1, 0.15) is 36.0 Å². The minimum Gasteiger partial charge on any atom is -0.334 e. The molecule has 1 atom stereocenters. The Morgan fingerprint density at radius 2 is 1.90 bits per heavy atom. The van der Waals surface area contributed by atoms with Crippen molar-refractivity contribution in [2.75, 3.05) is 18.7 Å². The van der Waals surface area contributed by atoms with Gasteiger partial charge in [-0.15, -0.1) is 11.6 Å². The molecule has 2 rings (SSSR count). The Bertz CT molecular complexity index is 598. The van der Waals surface area contributed by atoms with Gasteiger partial charge in [0.25, 0.3) is 5.91 Å². The van der Waals surface area contributed by atoms with Gasteiger partial charge in [0.05, 0.1) is 4.90 Å². The lowest BCUT2D eigenvalue weighted by atomic mass is 10.1. The molecule has 1 heterocycles. The molecule has 21 heavy (non-hydrogen) atoms. The third-order valence-electron chi connectivity index (χ3n) is 3.85. The first kappa shape index (κ1) is 16.3. The summed E-state index contributed by atoms with van der Waals surface area (Å²) in [6.45, 7) is 0.712. The molecule has 1 aliphatic rings. The van der Waals surface area contributed by atoms with Crippen LogP contribution in [0.5, 0.6) is 0 Å². The molecule has 0 aromatic heterocycles. The number of likely N-dealkylation sites (tertiary alicyclic amines) is 1. The molecule has 1 saturated heterocycles. The molecule has 0 radical (unpaired) electrons. The molecule has 1 aromatic rings. The number of benzene rings is 1. The van der Waals surface area contributed by atoms with Gasteiger partial charge in [-0.3, -0.25) is 4.79 Å². The third-order valence-corrected chi connectivity index (χ3v) is 5.33. The first-order valence-corrected chi connectivity index (χ1v) is 9.53. The van der Waals surface area contributed by atoms with Crippen molar-refractivity contribution in [3.8, 4) is 0 Å². The van der Waals surface area contributed by atoms with E-state index in [0.29, 0.717) is 18.0 Å². The molecular weight excluding hydrogens is 310 g/mol. The molecule has 116 valence electrons. The minimum absolute atomic E-state index is 0.0660. The van der Waals surface area contributed by atoms with Gasteiger partial charge in [0, 0.05) is 30.3 Å². The maximum absolute atomic E-state index is 12.6. The summed E-state index contributed by atoms with van der Waals surface area (Å²) in [6.07, 6.45) is 5.28. The van der Waals surface area contributed by atoms with Crippen LogP contribution in [-0.2, 0) is 9.84 Å². The lowest BCUT2D eigenvalue weighted by molar-refractivity contribution is 0.0700. The number of rotatable bonds is 3. The Balaban J connectivity index is 2.22. The number of carbonyl (C=O) groups is 1. The van der Waals surface area contributed by atoms with Crippen molar-refractivity contribution >= 4 is 27.3 Å². The Hall–Kier alpha value is -1.07. The van der Waals surface area contributed by atoms with Gasteiger partial charge in [-0.2, -0.15) is 0 Å².